The SMILES string of the molecule is Oc1ccc(Nc2cc(Cl)nc(-c3ccncc3)n2)c(F)c1. The predicted octanol–water partition coefficient (Wildman–Crippen LogP) is 3.78. The molecule has 0 bridgehead atoms. The molecule has 22 heavy (non-hydrogen) atoms. The molecular formula is C15H10ClFN4O. The summed E-state index contributed by atoms with van der Waals surface area (Å²) in [5.41, 5.74) is 0.917. The molecule has 2 N–H and O–H groups in total. The van der Waals surface area contributed by atoms with Crippen molar-refractivity contribution in [3.8, 4) is 17.1 Å². The van der Waals surface area contributed by atoms with Crippen LogP contribution in [0.1, 0.15) is 0 Å². The van der Waals surface area contributed by atoms with Crippen molar-refractivity contribution in [2.24, 2.45) is 0 Å². The summed E-state index contributed by atoms with van der Waals surface area (Å²) in [6.45, 7) is 0. The molecule has 2 heterocycles. The quantitative estimate of drug-likeness (QED) is 0.568. The number of anilines is 2. The number of benzene rings is 1. The normalized spacial score (nSPS) is 10.5. The van der Waals surface area contributed by atoms with E-state index in [-0.39, 0.29) is 16.6 Å². The number of hydrogen-bond donors (Lipinski definition) is 2. The molecule has 0 amide bonds. The van der Waals surface area contributed by atoms with Gasteiger partial charge in [-0.25, -0.2) is 14.4 Å². The summed E-state index contributed by atoms with van der Waals surface area (Å²) < 4.78 is 13.8. The van der Waals surface area contributed by atoms with Crippen LogP contribution in [0.15, 0.2) is 48.8 Å². The second-order valence-electron chi connectivity index (χ2n) is 4.42. The average Bonchev–Trinajstić information content (AvgIpc) is 2.50. The van der Waals surface area contributed by atoms with Gasteiger partial charge in [0.2, 0.25) is 0 Å². The zero-order valence-corrected chi connectivity index (χ0v) is 11.9. The van der Waals surface area contributed by atoms with Crippen LogP contribution in [0.4, 0.5) is 15.9 Å². The van der Waals surface area contributed by atoms with Gasteiger partial charge in [-0.15, -0.1) is 0 Å². The summed E-state index contributed by atoms with van der Waals surface area (Å²) in [6, 6.07) is 8.77. The van der Waals surface area contributed by atoms with E-state index in [0.29, 0.717) is 11.6 Å². The van der Waals surface area contributed by atoms with Crippen molar-refractivity contribution in [1.29, 1.82) is 0 Å². The highest BCUT2D eigenvalue weighted by Gasteiger charge is 2.08. The fourth-order valence-corrected chi connectivity index (χ4v) is 2.04. The number of pyridine rings is 1. The maximum Gasteiger partial charge on any atom is 0.163 e. The van der Waals surface area contributed by atoms with Crippen molar-refractivity contribution in [2.45, 2.75) is 0 Å². The lowest BCUT2D eigenvalue weighted by molar-refractivity contribution is 0.469. The molecule has 0 saturated carbocycles. The van der Waals surface area contributed by atoms with Crippen LogP contribution in [-0.4, -0.2) is 20.1 Å². The molecule has 5 nitrogen and oxygen atoms in total. The van der Waals surface area contributed by atoms with E-state index in [0.717, 1.165) is 11.6 Å². The molecule has 0 saturated heterocycles. The molecule has 0 unspecified atom stereocenters. The lowest BCUT2D eigenvalue weighted by atomic mass is 10.2. The fraction of sp³-hybridized carbons (Fsp3) is 0. The number of phenolic OH excluding ortho intramolecular Hbond substituents is 1. The van der Waals surface area contributed by atoms with Gasteiger partial charge in [-0.05, 0) is 24.3 Å². The van der Waals surface area contributed by atoms with Gasteiger partial charge in [-0.2, -0.15) is 0 Å². The number of nitrogens with one attached hydrogen (secondary N) is 1. The Balaban J connectivity index is 1.96. The maximum absolute atomic E-state index is 13.8. The topological polar surface area (TPSA) is 70.9 Å². The lowest BCUT2D eigenvalue weighted by Gasteiger charge is -2.09. The van der Waals surface area contributed by atoms with Crippen LogP contribution >= 0.6 is 11.6 Å². The molecule has 0 aliphatic carbocycles. The Labute approximate surface area is 130 Å². The zero-order valence-electron chi connectivity index (χ0n) is 11.2. The first kappa shape index (κ1) is 14.2. The molecule has 0 atom stereocenters. The van der Waals surface area contributed by atoms with E-state index in [1.807, 2.05) is 0 Å². The van der Waals surface area contributed by atoms with Gasteiger partial charge in [0.15, 0.2) is 5.82 Å². The van der Waals surface area contributed by atoms with E-state index in [4.69, 9.17) is 11.6 Å². The lowest BCUT2D eigenvalue weighted by Crippen LogP contribution is -1.99. The number of phenols is 1. The smallest absolute Gasteiger partial charge is 0.163 e. The van der Waals surface area contributed by atoms with E-state index >= 15 is 0 Å². The largest absolute Gasteiger partial charge is 0.508 e. The molecular weight excluding hydrogens is 307 g/mol. The van der Waals surface area contributed by atoms with Crippen molar-refractivity contribution in [1.82, 2.24) is 15.0 Å². The summed E-state index contributed by atoms with van der Waals surface area (Å²) in [6.07, 6.45) is 3.23. The minimum absolute atomic E-state index is 0.152. The summed E-state index contributed by atoms with van der Waals surface area (Å²) in [5, 5.41) is 12.3. The predicted molar refractivity (Wildman–Crippen MR) is 81.6 cm³/mol. The number of nitrogens with zero attached hydrogens (tertiary/aromatic N) is 3. The van der Waals surface area contributed by atoms with Crippen LogP contribution < -0.4 is 5.32 Å². The Hall–Kier alpha value is -2.73. The van der Waals surface area contributed by atoms with Gasteiger partial charge in [0.1, 0.15) is 22.5 Å². The third-order valence-electron chi connectivity index (χ3n) is 2.85. The Morgan fingerprint density at radius 3 is 2.55 bits per heavy atom. The number of rotatable bonds is 3. The number of hydrogen-bond acceptors (Lipinski definition) is 5. The molecule has 0 aliphatic rings. The first-order valence-electron chi connectivity index (χ1n) is 6.32. The number of aromatic hydroxyl groups is 1. The van der Waals surface area contributed by atoms with E-state index < -0.39 is 5.82 Å². The van der Waals surface area contributed by atoms with Gasteiger partial charge < -0.3 is 10.4 Å². The van der Waals surface area contributed by atoms with Crippen LogP contribution in [0.5, 0.6) is 5.75 Å². The Morgan fingerprint density at radius 2 is 1.82 bits per heavy atom. The Morgan fingerprint density at radius 1 is 1.05 bits per heavy atom. The van der Waals surface area contributed by atoms with Crippen molar-refractivity contribution in [3.05, 3.63) is 59.8 Å². The molecule has 0 radical (unpaired) electrons. The molecule has 7 heteroatoms. The second kappa shape index (κ2) is 5.95. The van der Waals surface area contributed by atoms with Crippen LogP contribution in [0, 0.1) is 5.82 Å². The van der Waals surface area contributed by atoms with E-state index in [2.05, 4.69) is 20.3 Å². The van der Waals surface area contributed by atoms with Crippen LogP contribution in [0.3, 0.4) is 0 Å². The van der Waals surface area contributed by atoms with Gasteiger partial charge in [0, 0.05) is 30.1 Å². The molecule has 110 valence electrons. The number of halogens is 2. The summed E-state index contributed by atoms with van der Waals surface area (Å²) in [7, 11) is 0. The first-order chi connectivity index (χ1) is 10.6. The average molecular weight is 317 g/mol. The molecule has 3 aromatic rings. The molecule has 0 spiro atoms. The van der Waals surface area contributed by atoms with Gasteiger partial charge in [0.25, 0.3) is 0 Å². The molecule has 3 rings (SSSR count). The highest BCUT2D eigenvalue weighted by Crippen LogP contribution is 2.25. The second-order valence-corrected chi connectivity index (χ2v) is 4.81. The van der Waals surface area contributed by atoms with Crippen molar-refractivity contribution >= 4 is 23.1 Å². The minimum Gasteiger partial charge on any atom is -0.508 e. The van der Waals surface area contributed by atoms with Gasteiger partial charge >= 0.3 is 0 Å². The third-order valence-corrected chi connectivity index (χ3v) is 3.04. The zero-order chi connectivity index (χ0) is 15.5. The summed E-state index contributed by atoms with van der Waals surface area (Å²) in [4.78, 5) is 12.4. The van der Waals surface area contributed by atoms with Crippen LogP contribution in [0.2, 0.25) is 5.15 Å². The highest BCUT2D eigenvalue weighted by atomic mass is 35.5. The van der Waals surface area contributed by atoms with Crippen LogP contribution in [-0.2, 0) is 0 Å². The standard InChI is InChI=1S/C15H10ClFN4O/c16-13-8-14(19-12-2-1-10(22)7-11(12)17)21-15(20-13)9-3-5-18-6-4-9/h1-8,22H,(H,19,20,21). The van der Waals surface area contributed by atoms with Crippen molar-refractivity contribution < 1.29 is 9.50 Å². The summed E-state index contributed by atoms with van der Waals surface area (Å²) >= 11 is 5.99. The number of aromatic nitrogens is 3. The Kier molecular flexibility index (Phi) is 3.84. The highest BCUT2D eigenvalue weighted by molar-refractivity contribution is 6.29. The fourth-order valence-electron chi connectivity index (χ4n) is 1.86. The first-order valence-corrected chi connectivity index (χ1v) is 6.70. The summed E-state index contributed by atoms with van der Waals surface area (Å²) in [5.74, 6) is -0.00516. The molecule has 1 aromatic carbocycles. The van der Waals surface area contributed by atoms with Gasteiger partial charge in [-0.3, -0.25) is 4.98 Å². The Bertz CT molecular complexity index is 814. The van der Waals surface area contributed by atoms with E-state index in [1.54, 1.807) is 24.5 Å². The van der Waals surface area contributed by atoms with Gasteiger partial charge in [-0.1, -0.05) is 11.6 Å². The maximum atomic E-state index is 13.8. The third kappa shape index (κ3) is 3.12. The van der Waals surface area contributed by atoms with Crippen molar-refractivity contribution in [3.63, 3.8) is 0 Å². The monoisotopic (exact) mass is 316 g/mol. The van der Waals surface area contributed by atoms with Gasteiger partial charge in [0.05, 0.1) is 5.69 Å². The molecule has 0 fully saturated rings. The van der Waals surface area contributed by atoms with E-state index in [9.17, 15) is 9.50 Å². The van der Waals surface area contributed by atoms with Crippen molar-refractivity contribution in [2.75, 3.05) is 5.32 Å². The molecule has 2 aromatic heterocycles. The van der Waals surface area contributed by atoms with Crippen LogP contribution in [0.25, 0.3) is 11.4 Å². The van der Waals surface area contributed by atoms with E-state index in [1.165, 1.54) is 18.2 Å². The molecule has 0 aliphatic heterocycles. The minimum atomic E-state index is -0.597.